The van der Waals surface area contributed by atoms with E-state index in [1.54, 1.807) is 19.2 Å². The molecule has 0 heterocycles. The van der Waals surface area contributed by atoms with Crippen molar-refractivity contribution in [1.29, 1.82) is 0 Å². The lowest BCUT2D eigenvalue weighted by Crippen LogP contribution is -2.40. The van der Waals surface area contributed by atoms with Crippen LogP contribution in [0.15, 0.2) is 53.4 Å². The Morgan fingerprint density at radius 2 is 1.78 bits per heavy atom. The molecule has 0 bridgehead atoms. The maximum Gasteiger partial charge on any atom is 0.251 e. The molecule has 0 unspecified atom stereocenters. The topological polar surface area (TPSA) is 84.5 Å². The van der Waals surface area contributed by atoms with Gasteiger partial charge in [0.1, 0.15) is 5.75 Å². The van der Waals surface area contributed by atoms with Crippen molar-refractivity contribution in [2.24, 2.45) is 0 Å². The predicted octanol–water partition coefficient (Wildman–Crippen LogP) is 2.74. The van der Waals surface area contributed by atoms with Gasteiger partial charge in [0.05, 0.1) is 12.0 Å². The largest absolute Gasteiger partial charge is 0.496 e. The summed E-state index contributed by atoms with van der Waals surface area (Å²) in [5.74, 6) is 0.408. The molecule has 0 aliphatic rings. The van der Waals surface area contributed by atoms with E-state index in [0.29, 0.717) is 12.0 Å². The molecule has 0 fully saturated rings. The third-order valence-electron chi connectivity index (χ3n) is 3.77. The van der Waals surface area contributed by atoms with Crippen LogP contribution < -0.4 is 14.8 Å². The molecule has 0 atom stereocenters. The van der Waals surface area contributed by atoms with Gasteiger partial charge in [0, 0.05) is 17.6 Å². The lowest BCUT2D eigenvalue weighted by atomic mass is 10.1. The maximum absolute atomic E-state index is 12.6. The van der Waals surface area contributed by atoms with E-state index < -0.39 is 15.6 Å². The second kappa shape index (κ2) is 8.54. The molecule has 0 radical (unpaired) electrons. The van der Waals surface area contributed by atoms with Crippen molar-refractivity contribution in [1.82, 2.24) is 10.0 Å². The highest BCUT2D eigenvalue weighted by Gasteiger charge is 2.19. The van der Waals surface area contributed by atoms with Crippen LogP contribution in [0.5, 0.6) is 5.75 Å². The van der Waals surface area contributed by atoms with Gasteiger partial charge in [0.25, 0.3) is 5.91 Å². The van der Waals surface area contributed by atoms with Gasteiger partial charge in [-0.3, -0.25) is 4.79 Å². The Labute approximate surface area is 161 Å². The van der Waals surface area contributed by atoms with E-state index in [1.165, 1.54) is 12.1 Å². The molecule has 2 N–H and O–H groups in total. The van der Waals surface area contributed by atoms with E-state index in [0.717, 1.165) is 11.3 Å². The highest BCUT2D eigenvalue weighted by Crippen LogP contribution is 2.18. The molecule has 0 aromatic heterocycles. The van der Waals surface area contributed by atoms with Crippen molar-refractivity contribution >= 4 is 15.9 Å². The minimum Gasteiger partial charge on any atom is -0.496 e. The second-order valence-corrected chi connectivity index (χ2v) is 8.96. The zero-order chi connectivity index (χ0) is 20.1. The van der Waals surface area contributed by atoms with Crippen molar-refractivity contribution < 1.29 is 17.9 Å². The zero-order valence-corrected chi connectivity index (χ0v) is 16.9. The summed E-state index contributed by atoms with van der Waals surface area (Å²) in [7, 11) is -2.14. The van der Waals surface area contributed by atoms with Crippen molar-refractivity contribution in [2.75, 3.05) is 13.7 Å². The van der Waals surface area contributed by atoms with Crippen LogP contribution in [0.4, 0.5) is 0 Å². The minimum absolute atomic E-state index is 0.0593. The van der Waals surface area contributed by atoms with E-state index in [-0.39, 0.29) is 17.3 Å². The van der Waals surface area contributed by atoms with E-state index in [9.17, 15) is 13.2 Å². The fourth-order valence-corrected chi connectivity index (χ4v) is 3.61. The van der Waals surface area contributed by atoms with Crippen LogP contribution in [-0.4, -0.2) is 33.5 Å². The number of sulfonamides is 1. The SMILES string of the molecule is COc1ccccc1CCNS(=O)(=O)c1cccc(C(=O)NC(C)(C)C)c1. The first kappa shape index (κ1) is 20.9. The van der Waals surface area contributed by atoms with Crippen LogP contribution >= 0.6 is 0 Å². The molecule has 0 saturated carbocycles. The predicted molar refractivity (Wildman–Crippen MR) is 106 cm³/mol. The number of benzene rings is 2. The number of para-hydroxylation sites is 1. The molecular weight excluding hydrogens is 364 g/mol. The van der Waals surface area contributed by atoms with Gasteiger partial charge in [0.2, 0.25) is 10.0 Å². The van der Waals surface area contributed by atoms with E-state index in [1.807, 2.05) is 45.0 Å². The molecule has 7 heteroatoms. The molecule has 0 saturated heterocycles. The quantitative estimate of drug-likeness (QED) is 0.761. The van der Waals surface area contributed by atoms with Crippen molar-refractivity contribution in [3.63, 3.8) is 0 Å². The Balaban J connectivity index is 2.08. The van der Waals surface area contributed by atoms with E-state index in [4.69, 9.17) is 4.74 Å². The summed E-state index contributed by atoms with van der Waals surface area (Å²) in [4.78, 5) is 12.3. The van der Waals surface area contributed by atoms with Crippen molar-refractivity contribution in [2.45, 2.75) is 37.6 Å². The summed E-state index contributed by atoms with van der Waals surface area (Å²) < 4.78 is 33.0. The molecule has 27 heavy (non-hydrogen) atoms. The Morgan fingerprint density at radius 3 is 2.44 bits per heavy atom. The van der Waals surface area contributed by atoms with E-state index in [2.05, 4.69) is 10.0 Å². The number of methoxy groups -OCH3 is 1. The van der Waals surface area contributed by atoms with Crippen LogP contribution in [0.2, 0.25) is 0 Å². The van der Waals surface area contributed by atoms with Gasteiger partial charge in [-0.05, 0) is 57.0 Å². The first-order valence-electron chi connectivity index (χ1n) is 8.66. The second-order valence-electron chi connectivity index (χ2n) is 7.19. The summed E-state index contributed by atoms with van der Waals surface area (Å²) in [6.07, 6.45) is 0.493. The number of hydrogen-bond acceptors (Lipinski definition) is 4. The summed E-state index contributed by atoms with van der Waals surface area (Å²) in [6.45, 7) is 5.82. The molecule has 0 spiro atoms. The van der Waals surface area contributed by atoms with Gasteiger partial charge in [-0.25, -0.2) is 13.1 Å². The summed E-state index contributed by atoms with van der Waals surface area (Å²) in [5, 5.41) is 2.82. The van der Waals surface area contributed by atoms with Crippen LogP contribution in [0.25, 0.3) is 0 Å². The number of ether oxygens (including phenoxy) is 1. The Hall–Kier alpha value is -2.38. The van der Waals surface area contributed by atoms with Crippen LogP contribution in [0.1, 0.15) is 36.7 Å². The maximum atomic E-state index is 12.6. The Bertz CT molecular complexity index is 902. The molecular formula is C20H26N2O4S. The minimum atomic E-state index is -3.72. The summed E-state index contributed by atoms with van der Waals surface area (Å²) in [6, 6.07) is 13.5. The fourth-order valence-electron chi connectivity index (χ4n) is 2.53. The highest BCUT2D eigenvalue weighted by atomic mass is 32.2. The number of amides is 1. The lowest BCUT2D eigenvalue weighted by molar-refractivity contribution is 0.0919. The molecule has 0 aliphatic carbocycles. The third kappa shape index (κ3) is 6.08. The van der Waals surface area contributed by atoms with Crippen LogP contribution in [0.3, 0.4) is 0 Å². The average molecular weight is 391 g/mol. The molecule has 6 nitrogen and oxygen atoms in total. The third-order valence-corrected chi connectivity index (χ3v) is 5.23. The van der Waals surface area contributed by atoms with Crippen LogP contribution in [-0.2, 0) is 16.4 Å². The number of carbonyl (C=O) groups is 1. The normalized spacial score (nSPS) is 11.9. The van der Waals surface area contributed by atoms with Crippen LogP contribution in [0, 0.1) is 0 Å². The van der Waals surface area contributed by atoms with Crippen molar-refractivity contribution in [3.05, 3.63) is 59.7 Å². The summed E-state index contributed by atoms with van der Waals surface area (Å²) in [5.41, 5.74) is 0.817. The molecule has 146 valence electrons. The number of carbonyl (C=O) groups excluding carboxylic acids is 1. The number of rotatable bonds is 7. The highest BCUT2D eigenvalue weighted by molar-refractivity contribution is 7.89. The Morgan fingerprint density at radius 1 is 1.07 bits per heavy atom. The first-order chi connectivity index (χ1) is 12.6. The van der Waals surface area contributed by atoms with Gasteiger partial charge in [0.15, 0.2) is 0 Å². The standard InChI is InChI=1S/C20H26N2O4S/c1-20(2,3)22-19(23)16-9-7-10-17(14-16)27(24,25)21-13-12-15-8-5-6-11-18(15)26-4/h5-11,14,21H,12-13H2,1-4H3,(H,22,23). The molecule has 2 rings (SSSR count). The monoisotopic (exact) mass is 390 g/mol. The smallest absolute Gasteiger partial charge is 0.251 e. The number of hydrogen-bond donors (Lipinski definition) is 2. The average Bonchev–Trinajstić information content (AvgIpc) is 2.60. The van der Waals surface area contributed by atoms with Gasteiger partial charge in [-0.2, -0.15) is 0 Å². The Kier molecular flexibility index (Phi) is 6.62. The van der Waals surface area contributed by atoms with Crippen molar-refractivity contribution in [3.8, 4) is 5.75 Å². The fraction of sp³-hybridized carbons (Fsp3) is 0.350. The molecule has 1 amide bonds. The lowest BCUT2D eigenvalue weighted by Gasteiger charge is -2.20. The first-order valence-corrected chi connectivity index (χ1v) is 10.1. The summed E-state index contributed by atoms with van der Waals surface area (Å²) >= 11 is 0. The van der Waals surface area contributed by atoms with Gasteiger partial charge in [-0.15, -0.1) is 0 Å². The molecule has 2 aromatic carbocycles. The van der Waals surface area contributed by atoms with E-state index >= 15 is 0 Å². The van der Waals surface area contributed by atoms with Gasteiger partial charge in [-0.1, -0.05) is 24.3 Å². The zero-order valence-electron chi connectivity index (χ0n) is 16.1. The van der Waals surface area contributed by atoms with Gasteiger partial charge < -0.3 is 10.1 Å². The van der Waals surface area contributed by atoms with Gasteiger partial charge >= 0.3 is 0 Å². The number of nitrogens with one attached hydrogen (secondary N) is 2. The molecule has 2 aromatic rings. The molecule has 0 aliphatic heterocycles.